The van der Waals surface area contributed by atoms with Gasteiger partial charge >= 0.3 is 0 Å². The van der Waals surface area contributed by atoms with Crippen LogP contribution in [0.2, 0.25) is 5.02 Å². The Morgan fingerprint density at radius 2 is 2.24 bits per heavy atom. The first-order valence-corrected chi connectivity index (χ1v) is 5.37. The molecule has 0 aliphatic heterocycles. The zero-order chi connectivity index (χ0) is 12.4. The number of hydrogen-bond donors (Lipinski definition) is 0. The molecule has 0 spiro atoms. The highest BCUT2D eigenvalue weighted by Crippen LogP contribution is 2.23. The molecule has 17 heavy (non-hydrogen) atoms. The Hall–Kier alpha value is -1.88. The van der Waals surface area contributed by atoms with E-state index in [1.807, 2.05) is 13.0 Å². The van der Waals surface area contributed by atoms with Crippen molar-refractivity contribution in [2.45, 2.75) is 13.5 Å². The van der Waals surface area contributed by atoms with E-state index in [2.05, 4.69) is 5.10 Å². The summed E-state index contributed by atoms with van der Waals surface area (Å²) in [5, 5.41) is 15.4. The van der Waals surface area contributed by atoms with Crippen molar-refractivity contribution in [3.05, 3.63) is 56.9 Å². The molecule has 1 heterocycles. The van der Waals surface area contributed by atoms with Crippen molar-refractivity contribution in [1.82, 2.24) is 9.78 Å². The van der Waals surface area contributed by atoms with Crippen LogP contribution in [-0.4, -0.2) is 14.7 Å². The third kappa shape index (κ3) is 2.62. The monoisotopic (exact) mass is 251 g/mol. The molecule has 1 aromatic carbocycles. The van der Waals surface area contributed by atoms with Gasteiger partial charge < -0.3 is 0 Å². The molecule has 5 nitrogen and oxygen atoms in total. The number of benzene rings is 1. The van der Waals surface area contributed by atoms with Gasteiger partial charge in [-0.1, -0.05) is 11.6 Å². The number of halogens is 1. The van der Waals surface area contributed by atoms with E-state index in [0.29, 0.717) is 17.1 Å². The van der Waals surface area contributed by atoms with Crippen LogP contribution in [0.5, 0.6) is 0 Å². The number of rotatable bonds is 3. The number of hydrogen-bond acceptors (Lipinski definition) is 3. The lowest BCUT2D eigenvalue weighted by molar-refractivity contribution is -0.385. The summed E-state index contributed by atoms with van der Waals surface area (Å²) >= 11 is 5.74. The lowest BCUT2D eigenvalue weighted by Gasteiger charge is -2.03. The van der Waals surface area contributed by atoms with Crippen LogP contribution in [0.3, 0.4) is 0 Å². The molecular formula is C11H10ClN3O2. The zero-order valence-electron chi connectivity index (χ0n) is 9.13. The maximum atomic E-state index is 10.9. The molecule has 0 saturated heterocycles. The summed E-state index contributed by atoms with van der Waals surface area (Å²) in [6.45, 7) is 2.23. The Morgan fingerprint density at radius 1 is 1.47 bits per heavy atom. The summed E-state index contributed by atoms with van der Waals surface area (Å²) in [5.41, 5.74) is 1.48. The van der Waals surface area contributed by atoms with E-state index in [1.54, 1.807) is 23.0 Å². The molecule has 0 bridgehead atoms. The van der Waals surface area contributed by atoms with Crippen LogP contribution in [0.4, 0.5) is 5.69 Å². The maximum Gasteiger partial charge on any atom is 0.275 e. The lowest BCUT2D eigenvalue weighted by atomic mass is 10.2. The largest absolute Gasteiger partial charge is 0.275 e. The van der Waals surface area contributed by atoms with E-state index in [-0.39, 0.29) is 5.69 Å². The van der Waals surface area contributed by atoms with Crippen molar-refractivity contribution in [2.24, 2.45) is 0 Å². The minimum Gasteiger partial charge on any atom is -0.268 e. The van der Waals surface area contributed by atoms with E-state index in [9.17, 15) is 10.1 Å². The second kappa shape index (κ2) is 4.55. The number of nitro groups is 1. The van der Waals surface area contributed by atoms with Gasteiger partial charge in [-0.2, -0.15) is 5.10 Å². The molecule has 2 rings (SSSR count). The number of aryl methyl sites for hydroxylation is 1. The molecule has 1 aromatic heterocycles. The minimum atomic E-state index is -0.433. The van der Waals surface area contributed by atoms with Crippen molar-refractivity contribution in [3.8, 4) is 0 Å². The van der Waals surface area contributed by atoms with Crippen LogP contribution < -0.4 is 0 Å². The number of nitrogens with zero attached hydrogens (tertiary/aromatic N) is 3. The van der Waals surface area contributed by atoms with E-state index >= 15 is 0 Å². The summed E-state index contributed by atoms with van der Waals surface area (Å²) in [4.78, 5) is 10.5. The van der Waals surface area contributed by atoms with E-state index in [1.165, 1.54) is 6.07 Å². The summed E-state index contributed by atoms with van der Waals surface area (Å²) < 4.78 is 1.66. The smallest absolute Gasteiger partial charge is 0.268 e. The fraction of sp³-hybridized carbons (Fsp3) is 0.182. The van der Waals surface area contributed by atoms with Crippen molar-refractivity contribution in [1.29, 1.82) is 0 Å². The Kier molecular flexibility index (Phi) is 3.10. The molecule has 0 aliphatic rings. The van der Waals surface area contributed by atoms with Crippen molar-refractivity contribution in [2.75, 3.05) is 0 Å². The molecule has 0 aliphatic carbocycles. The van der Waals surface area contributed by atoms with Gasteiger partial charge in [0.2, 0.25) is 0 Å². The average Bonchev–Trinajstić information content (AvgIpc) is 2.66. The van der Waals surface area contributed by atoms with E-state index in [4.69, 9.17) is 11.6 Å². The van der Waals surface area contributed by atoms with Gasteiger partial charge in [-0.3, -0.25) is 14.8 Å². The Morgan fingerprint density at radius 3 is 2.82 bits per heavy atom. The van der Waals surface area contributed by atoms with Crippen LogP contribution in [0, 0.1) is 17.0 Å². The molecule has 0 fully saturated rings. The minimum absolute atomic E-state index is 0.0191. The van der Waals surface area contributed by atoms with Gasteiger partial charge in [-0.25, -0.2) is 0 Å². The summed E-state index contributed by atoms with van der Waals surface area (Å²) in [6, 6.07) is 6.49. The molecule has 0 saturated carbocycles. The number of nitro benzene ring substituents is 1. The van der Waals surface area contributed by atoms with Crippen molar-refractivity contribution in [3.63, 3.8) is 0 Å². The van der Waals surface area contributed by atoms with Crippen molar-refractivity contribution < 1.29 is 4.92 Å². The van der Waals surface area contributed by atoms with Gasteiger partial charge in [-0.15, -0.1) is 0 Å². The standard InChI is InChI=1S/C11H10ClN3O2/c1-8-4-5-14(13-8)7-9-2-3-10(12)6-11(9)15(16)17/h2-6H,7H2,1H3. The predicted octanol–water partition coefficient (Wildman–Crippen LogP) is 2.80. The van der Waals surface area contributed by atoms with Gasteiger partial charge in [-0.05, 0) is 25.1 Å². The molecule has 6 heteroatoms. The van der Waals surface area contributed by atoms with Crippen LogP contribution in [0.15, 0.2) is 30.5 Å². The lowest BCUT2D eigenvalue weighted by Crippen LogP contribution is -2.03. The molecule has 2 aromatic rings. The van der Waals surface area contributed by atoms with Gasteiger partial charge in [0.05, 0.1) is 22.7 Å². The molecule has 0 N–H and O–H groups in total. The first-order chi connectivity index (χ1) is 8.06. The summed E-state index contributed by atoms with van der Waals surface area (Å²) in [7, 11) is 0. The molecule has 0 amide bonds. The van der Waals surface area contributed by atoms with E-state index < -0.39 is 4.92 Å². The highest BCUT2D eigenvalue weighted by Gasteiger charge is 2.14. The first-order valence-electron chi connectivity index (χ1n) is 4.99. The highest BCUT2D eigenvalue weighted by atomic mass is 35.5. The van der Waals surface area contributed by atoms with Gasteiger partial charge in [0.25, 0.3) is 5.69 Å². The Balaban J connectivity index is 2.35. The SMILES string of the molecule is Cc1ccn(Cc2ccc(Cl)cc2[N+](=O)[O-])n1. The van der Waals surface area contributed by atoms with Crippen molar-refractivity contribution >= 4 is 17.3 Å². The third-order valence-electron chi connectivity index (χ3n) is 2.35. The molecule has 0 unspecified atom stereocenters. The van der Waals surface area contributed by atoms with Crippen LogP contribution in [-0.2, 0) is 6.54 Å². The summed E-state index contributed by atoms with van der Waals surface area (Å²) in [6.07, 6.45) is 1.79. The van der Waals surface area contributed by atoms with Crippen LogP contribution in [0.1, 0.15) is 11.3 Å². The second-order valence-electron chi connectivity index (χ2n) is 3.68. The van der Waals surface area contributed by atoms with E-state index in [0.717, 1.165) is 5.69 Å². The molecule has 0 radical (unpaired) electrons. The van der Waals surface area contributed by atoms with Gasteiger partial charge in [0, 0.05) is 17.3 Å². The van der Waals surface area contributed by atoms with Gasteiger partial charge in [0.15, 0.2) is 0 Å². The number of aromatic nitrogens is 2. The van der Waals surface area contributed by atoms with Crippen LogP contribution >= 0.6 is 11.6 Å². The molecular weight excluding hydrogens is 242 g/mol. The third-order valence-corrected chi connectivity index (χ3v) is 2.59. The normalized spacial score (nSPS) is 10.5. The quantitative estimate of drug-likeness (QED) is 0.622. The topological polar surface area (TPSA) is 61.0 Å². The first kappa shape index (κ1) is 11.6. The second-order valence-corrected chi connectivity index (χ2v) is 4.12. The molecule has 0 atom stereocenters. The Bertz CT molecular complexity index is 566. The van der Waals surface area contributed by atoms with Gasteiger partial charge in [0.1, 0.15) is 0 Å². The average molecular weight is 252 g/mol. The Labute approximate surface area is 103 Å². The zero-order valence-corrected chi connectivity index (χ0v) is 9.89. The fourth-order valence-corrected chi connectivity index (χ4v) is 1.73. The predicted molar refractivity (Wildman–Crippen MR) is 64.2 cm³/mol. The maximum absolute atomic E-state index is 10.9. The fourth-order valence-electron chi connectivity index (χ4n) is 1.57. The van der Waals surface area contributed by atoms with Crippen LogP contribution in [0.25, 0.3) is 0 Å². The summed E-state index contributed by atoms with van der Waals surface area (Å²) in [5.74, 6) is 0. The molecule has 88 valence electrons. The highest BCUT2D eigenvalue weighted by molar-refractivity contribution is 6.30.